The Kier molecular flexibility index (Phi) is 2.74. The van der Waals surface area contributed by atoms with E-state index in [4.69, 9.17) is 4.74 Å². The van der Waals surface area contributed by atoms with Crippen molar-refractivity contribution in [3.8, 4) is 5.75 Å². The molecule has 0 aromatic heterocycles. The molecule has 0 spiro atoms. The first-order valence-electron chi connectivity index (χ1n) is 4.48. The molecule has 2 rings (SSSR count). The molecular weight excluding hydrogens is 251 g/mol. The molecule has 0 saturated heterocycles. The van der Waals surface area contributed by atoms with Gasteiger partial charge in [-0.2, -0.15) is 0 Å². The van der Waals surface area contributed by atoms with Crippen LogP contribution in [0.15, 0.2) is 16.6 Å². The number of hydrogen-bond donors (Lipinski definition) is 1. The van der Waals surface area contributed by atoms with Gasteiger partial charge in [0.1, 0.15) is 11.6 Å². The largest absolute Gasteiger partial charge is 0.493 e. The second kappa shape index (κ2) is 3.87. The van der Waals surface area contributed by atoms with Crippen molar-refractivity contribution in [3.63, 3.8) is 0 Å². The van der Waals surface area contributed by atoms with Crippen molar-refractivity contribution in [2.24, 2.45) is 0 Å². The Bertz CT molecular complexity index is 354. The highest BCUT2D eigenvalue weighted by Crippen LogP contribution is 2.34. The van der Waals surface area contributed by atoms with Crippen molar-refractivity contribution in [3.05, 3.63) is 28.0 Å². The average Bonchev–Trinajstić information content (AvgIpc) is 2.31. The van der Waals surface area contributed by atoms with Crippen molar-refractivity contribution in [2.45, 2.75) is 18.9 Å². The average molecular weight is 261 g/mol. The van der Waals surface area contributed by atoms with Crippen LogP contribution in [-0.2, 0) is 0 Å². The number of halogens is 2. The van der Waals surface area contributed by atoms with Crippen LogP contribution < -0.4 is 4.74 Å². The lowest BCUT2D eigenvalue weighted by Gasteiger charge is -2.11. The molecule has 1 aromatic rings. The van der Waals surface area contributed by atoms with Gasteiger partial charge in [-0.1, -0.05) is 0 Å². The standard InChI is InChI=1S/C10H10BrFO2/c11-7-4-6-9(13)2-1-3-14-10(6)5-8(7)12/h4-5,9,13H,1-3H2/t9-/m1/s1. The van der Waals surface area contributed by atoms with Crippen LogP contribution in [0, 0.1) is 5.82 Å². The third-order valence-corrected chi connectivity index (χ3v) is 2.90. The Morgan fingerprint density at radius 1 is 1.50 bits per heavy atom. The molecule has 0 saturated carbocycles. The highest BCUT2D eigenvalue weighted by Gasteiger charge is 2.19. The molecule has 0 radical (unpaired) electrons. The van der Waals surface area contributed by atoms with Crippen LogP contribution >= 0.6 is 15.9 Å². The summed E-state index contributed by atoms with van der Waals surface area (Å²) in [6.07, 6.45) is 0.893. The molecule has 1 aliphatic rings. The Balaban J connectivity index is 2.49. The minimum Gasteiger partial charge on any atom is -0.493 e. The predicted octanol–water partition coefficient (Wildman–Crippen LogP) is 2.79. The molecule has 1 N–H and O–H groups in total. The monoisotopic (exact) mass is 260 g/mol. The highest BCUT2D eigenvalue weighted by molar-refractivity contribution is 9.10. The Hall–Kier alpha value is -0.610. The molecule has 4 heteroatoms. The van der Waals surface area contributed by atoms with Gasteiger partial charge in [0.15, 0.2) is 0 Å². The SMILES string of the molecule is O[C@@H]1CCCOc2cc(F)c(Br)cc21. The van der Waals surface area contributed by atoms with Gasteiger partial charge in [-0.25, -0.2) is 4.39 Å². The number of fused-ring (bicyclic) bond motifs is 1. The summed E-state index contributed by atoms with van der Waals surface area (Å²) in [5.74, 6) is 0.0913. The molecule has 14 heavy (non-hydrogen) atoms. The first kappa shape index (κ1) is 9.93. The summed E-state index contributed by atoms with van der Waals surface area (Å²) >= 11 is 3.09. The maximum absolute atomic E-state index is 13.2. The zero-order valence-corrected chi connectivity index (χ0v) is 9.05. The van der Waals surface area contributed by atoms with Crippen LogP contribution in [0.25, 0.3) is 0 Å². The molecule has 0 unspecified atom stereocenters. The number of ether oxygens (including phenoxy) is 1. The summed E-state index contributed by atoms with van der Waals surface area (Å²) in [4.78, 5) is 0. The third-order valence-electron chi connectivity index (χ3n) is 2.29. The van der Waals surface area contributed by atoms with Gasteiger partial charge in [0.05, 0.1) is 17.2 Å². The van der Waals surface area contributed by atoms with Gasteiger partial charge in [-0.3, -0.25) is 0 Å². The van der Waals surface area contributed by atoms with Gasteiger partial charge in [-0.05, 0) is 34.8 Å². The molecule has 1 aromatic carbocycles. The van der Waals surface area contributed by atoms with E-state index in [1.807, 2.05) is 0 Å². The van der Waals surface area contributed by atoms with E-state index in [9.17, 15) is 9.50 Å². The van der Waals surface area contributed by atoms with E-state index in [1.165, 1.54) is 6.07 Å². The van der Waals surface area contributed by atoms with Gasteiger partial charge in [0.25, 0.3) is 0 Å². The molecule has 1 atom stereocenters. The lowest BCUT2D eigenvalue weighted by molar-refractivity contribution is 0.167. The number of rotatable bonds is 0. The summed E-state index contributed by atoms with van der Waals surface area (Å²) < 4.78 is 18.9. The van der Waals surface area contributed by atoms with Gasteiger partial charge >= 0.3 is 0 Å². The minimum atomic E-state index is -0.551. The number of aliphatic hydroxyl groups excluding tert-OH is 1. The molecule has 0 amide bonds. The molecule has 0 bridgehead atoms. The number of benzene rings is 1. The predicted molar refractivity (Wildman–Crippen MR) is 53.8 cm³/mol. The first-order valence-corrected chi connectivity index (χ1v) is 5.27. The summed E-state index contributed by atoms with van der Waals surface area (Å²) in [5, 5.41) is 9.73. The summed E-state index contributed by atoms with van der Waals surface area (Å²) in [7, 11) is 0. The quantitative estimate of drug-likeness (QED) is 0.778. The van der Waals surface area contributed by atoms with E-state index in [1.54, 1.807) is 6.07 Å². The fourth-order valence-electron chi connectivity index (χ4n) is 1.54. The van der Waals surface area contributed by atoms with Gasteiger partial charge < -0.3 is 9.84 Å². The third kappa shape index (κ3) is 1.77. The highest BCUT2D eigenvalue weighted by atomic mass is 79.9. The van der Waals surface area contributed by atoms with Crippen LogP contribution in [0.5, 0.6) is 5.75 Å². The van der Waals surface area contributed by atoms with Crippen LogP contribution in [0.3, 0.4) is 0 Å². The van der Waals surface area contributed by atoms with Crippen LogP contribution in [0.1, 0.15) is 24.5 Å². The lowest BCUT2D eigenvalue weighted by atomic mass is 10.1. The summed E-state index contributed by atoms with van der Waals surface area (Å²) in [5.41, 5.74) is 0.663. The first-order chi connectivity index (χ1) is 6.68. The summed E-state index contributed by atoms with van der Waals surface area (Å²) in [6.45, 7) is 0.533. The molecule has 76 valence electrons. The fourth-order valence-corrected chi connectivity index (χ4v) is 1.90. The molecule has 0 aliphatic carbocycles. The molecular formula is C10H10BrFO2. The van der Waals surface area contributed by atoms with E-state index >= 15 is 0 Å². The minimum absolute atomic E-state index is 0.362. The van der Waals surface area contributed by atoms with E-state index in [-0.39, 0.29) is 5.82 Å². The second-order valence-corrected chi connectivity index (χ2v) is 4.16. The smallest absolute Gasteiger partial charge is 0.141 e. The van der Waals surface area contributed by atoms with Crippen molar-refractivity contribution in [1.82, 2.24) is 0 Å². The zero-order valence-electron chi connectivity index (χ0n) is 7.46. The van der Waals surface area contributed by atoms with Gasteiger partial charge in [-0.15, -0.1) is 0 Å². The van der Waals surface area contributed by atoms with Gasteiger partial charge in [0.2, 0.25) is 0 Å². The molecule has 1 heterocycles. The Morgan fingerprint density at radius 3 is 3.07 bits per heavy atom. The maximum atomic E-state index is 13.2. The Morgan fingerprint density at radius 2 is 2.29 bits per heavy atom. The lowest BCUT2D eigenvalue weighted by Crippen LogP contribution is -1.97. The number of hydrogen-bond acceptors (Lipinski definition) is 2. The summed E-state index contributed by atoms with van der Waals surface area (Å²) in [6, 6.07) is 2.90. The second-order valence-electron chi connectivity index (χ2n) is 3.31. The van der Waals surface area contributed by atoms with Crippen molar-refractivity contribution >= 4 is 15.9 Å². The van der Waals surface area contributed by atoms with Crippen LogP contribution in [0.4, 0.5) is 4.39 Å². The van der Waals surface area contributed by atoms with E-state index < -0.39 is 6.10 Å². The Labute approximate surface area is 89.8 Å². The topological polar surface area (TPSA) is 29.5 Å². The number of aliphatic hydroxyl groups is 1. The fraction of sp³-hybridized carbons (Fsp3) is 0.400. The van der Waals surface area contributed by atoms with E-state index in [0.717, 1.165) is 6.42 Å². The molecule has 1 aliphatic heterocycles. The maximum Gasteiger partial charge on any atom is 0.141 e. The van der Waals surface area contributed by atoms with E-state index in [2.05, 4.69) is 15.9 Å². The molecule has 2 nitrogen and oxygen atoms in total. The zero-order chi connectivity index (χ0) is 10.1. The normalized spacial score (nSPS) is 20.9. The van der Waals surface area contributed by atoms with Crippen molar-refractivity contribution < 1.29 is 14.2 Å². The van der Waals surface area contributed by atoms with E-state index in [0.29, 0.717) is 28.8 Å². The van der Waals surface area contributed by atoms with Crippen LogP contribution in [-0.4, -0.2) is 11.7 Å². The van der Waals surface area contributed by atoms with Crippen LogP contribution in [0.2, 0.25) is 0 Å². The van der Waals surface area contributed by atoms with Crippen molar-refractivity contribution in [2.75, 3.05) is 6.61 Å². The van der Waals surface area contributed by atoms with Gasteiger partial charge in [0, 0.05) is 11.6 Å². The van der Waals surface area contributed by atoms with Crippen molar-refractivity contribution in [1.29, 1.82) is 0 Å². The molecule has 0 fully saturated rings.